The number of carbonyl (C=O) groups is 3. The van der Waals surface area contributed by atoms with Crippen LogP contribution in [0.4, 0.5) is 0 Å². The summed E-state index contributed by atoms with van der Waals surface area (Å²) in [4.78, 5) is 31.6. The summed E-state index contributed by atoms with van der Waals surface area (Å²) in [5, 5.41) is 37.5. The van der Waals surface area contributed by atoms with Crippen molar-refractivity contribution in [1.82, 2.24) is 0 Å². The molecule has 0 N–H and O–H groups in total. The zero-order chi connectivity index (χ0) is 27.8. The van der Waals surface area contributed by atoms with Gasteiger partial charge in [0.25, 0.3) is 0 Å². The second-order valence-electron chi connectivity index (χ2n) is 8.55. The van der Waals surface area contributed by atoms with Crippen LogP contribution in [0.1, 0.15) is 31.1 Å². The molecule has 0 aliphatic heterocycles. The molecule has 0 unspecified atom stereocenters. The van der Waals surface area contributed by atoms with Crippen molar-refractivity contribution in [3.8, 4) is 0 Å². The average molecular weight is 566 g/mol. The van der Waals surface area contributed by atoms with Crippen molar-refractivity contribution in [3.05, 3.63) is 144 Å². The van der Waals surface area contributed by atoms with E-state index in [2.05, 4.69) is 0 Å². The first kappa shape index (κ1) is 29.6. The number of hydrogen-bond acceptors (Lipinski definition) is 6. The zero-order valence-electron chi connectivity index (χ0n) is 21.0. The molecule has 0 bridgehead atoms. The summed E-state index contributed by atoms with van der Waals surface area (Å²) in [6.45, 7) is 0. The molecule has 6 aromatic carbocycles. The Morgan fingerprint density at radius 2 is 0.575 bits per heavy atom. The number of benzene rings is 6. The normalized spacial score (nSPS) is 9.90. The van der Waals surface area contributed by atoms with Crippen molar-refractivity contribution in [2.75, 3.05) is 0 Å². The minimum atomic E-state index is -1.13. The van der Waals surface area contributed by atoms with E-state index < -0.39 is 17.9 Å². The monoisotopic (exact) mass is 565 g/mol. The number of carboxylic acids is 3. The molecule has 0 fully saturated rings. The second kappa shape index (κ2) is 13.7. The maximum atomic E-state index is 10.5. The van der Waals surface area contributed by atoms with Gasteiger partial charge >= 0.3 is 17.4 Å². The first-order valence-corrected chi connectivity index (χ1v) is 11.9. The summed E-state index contributed by atoms with van der Waals surface area (Å²) in [6.07, 6.45) is 0. The molecule has 0 saturated carbocycles. The number of fused-ring (bicyclic) bond motifs is 3. The van der Waals surface area contributed by atoms with Crippen molar-refractivity contribution in [2.45, 2.75) is 0 Å². The van der Waals surface area contributed by atoms with E-state index in [4.69, 9.17) is 0 Å². The summed E-state index contributed by atoms with van der Waals surface area (Å²) < 4.78 is 0. The van der Waals surface area contributed by atoms with E-state index in [0.717, 1.165) is 32.3 Å². The molecule has 0 aromatic heterocycles. The van der Waals surface area contributed by atoms with Crippen molar-refractivity contribution in [1.29, 1.82) is 0 Å². The van der Waals surface area contributed by atoms with Crippen LogP contribution in [0, 0.1) is 0 Å². The quantitative estimate of drug-likeness (QED) is 0.323. The van der Waals surface area contributed by atoms with Gasteiger partial charge in [0.15, 0.2) is 0 Å². The Kier molecular flexibility index (Phi) is 10.2. The van der Waals surface area contributed by atoms with E-state index >= 15 is 0 Å². The first-order valence-electron chi connectivity index (χ1n) is 11.9. The van der Waals surface area contributed by atoms with Crippen LogP contribution in [0.3, 0.4) is 0 Å². The summed E-state index contributed by atoms with van der Waals surface area (Å²) in [7, 11) is 0. The fourth-order valence-corrected chi connectivity index (χ4v) is 3.95. The van der Waals surface area contributed by atoms with Gasteiger partial charge in [-0.3, -0.25) is 0 Å². The van der Waals surface area contributed by atoms with Gasteiger partial charge in [0, 0.05) is 0 Å². The standard InChI is InChI=1S/3C11H8O2.Cr/c3*12-11(13)10-6-5-8-3-1-2-4-9(8)7-10;/h3*1-7H,(H,12,13);/q;;;+3/p-3. The van der Waals surface area contributed by atoms with Gasteiger partial charge < -0.3 is 29.7 Å². The van der Waals surface area contributed by atoms with E-state index in [9.17, 15) is 29.7 Å². The summed E-state index contributed by atoms with van der Waals surface area (Å²) in [5.41, 5.74) is 0.663. The van der Waals surface area contributed by atoms with Crippen molar-refractivity contribution < 1.29 is 47.1 Å². The average Bonchev–Trinajstić information content (AvgIpc) is 2.97. The smallest absolute Gasteiger partial charge is 0.545 e. The Morgan fingerprint density at radius 3 is 0.800 bits per heavy atom. The van der Waals surface area contributed by atoms with Gasteiger partial charge in [-0.2, -0.15) is 0 Å². The van der Waals surface area contributed by atoms with E-state index in [0.29, 0.717) is 0 Å². The second-order valence-corrected chi connectivity index (χ2v) is 8.55. The van der Waals surface area contributed by atoms with Crippen molar-refractivity contribution >= 4 is 50.2 Å². The number of hydrogen-bond donors (Lipinski definition) is 0. The van der Waals surface area contributed by atoms with Crippen LogP contribution in [0.2, 0.25) is 0 Å². The van der Waals surface area contributed by atoms with Crippen LogP contribution < -0.4 is 15.3 Å². The number of carboxylic acid groups (broad SMARTS) is 3. The zero-order valence-corrected chi connectivity index (χ0v) is 22.3. The molecule has 0 saturated heterocycles. The Labute approximate surface area is 240 Å². The van der Waals surface area contributed by atoms with Crippen molar-refractivity contribution in [3.63, 3.8) is 0 Å². The van der Waals surface area contributed by atoms with Crippen LogP contribution >= 0.6 is 0 Å². The van der Waals surface area contributed by atoms with Gasteiger partial charge in [0.1, 0.15) is 0 Å². The number of carbonyl (C=O) groups excluding carboxylic acids is 3. The van der Waals surface area contributed by atoms with E-state index in [1.165, 1.54) is 0 Å². The summed E-state index contributed by atoms with van der Waals surface area (Å²) in [6, 6.07) is 37.7. The Balaban J connectivity index is 0.000000163. The van der Waals surface area contributed by atoms with Crippen LogP contribution in [0.25, 0.3) is 32.3 Å². The molecule has 7 heteroatoms. The summed E-state index contributed by atoms with van der Waals surface area (Å²) in [5.74, 6) is -3.40. The largest absolute Gasteiger partial charge is 3.00 e. The van der Waals surface area contributed by atoms with Gasteiger partial charge in [-0.25, -0.2) is 0 Å². The van der Waals surface area contributed by atoms with Crippen molar-refractivity contribution in [2.24, 2.45) is 0 Å². The van der Waals surface area contributed by atoms with Crippen LogP contribution in [0.5, 0.6) is 0 Å². The van der Waals surface area contributed by atoms with Gasteiger partial charge in [0.05, 0.1) is 17.9 Å². The molecule has 6 rings (SSSR count). The third kappa shape index (κ3) is 7.55. The van der Waals surface area contributed by atoms with E-state index in [1.807, 2.05) is 72.8 Å². The molecule has 0 heterocycles. The van der Waals surface area contributed by atoms with E-state index in [-0.39, 0.29) is 34.1 Å². The molecule has 6 aromatic rings. The third-order valence-corrected chi connectivity index (χ3v) is 5.96. The molecule has 195 valence electrons. The topological polar surface area (TPSA) is 120 Å². The maximum Gasteiger partial charge on any atom is 3.00 e. The predicted molar refractivity (Wildman–Crippen MR) is 145 cm³/mol. The molecular formula is C33H21CrO6. The Hall–Kier alpha value is -4.96. The van der Waals surface area contributed by atoms with Gasteiger partial charge in [-0.15, -0.1) is 0 Å². The molecule has 0 aliphatic carbocycles. The van der Waals surface area contributed by atoms with Crippen LogP contribution in [-0.2, 0) is 17.4 Å². The molecule has 1 radical (unpaired) electrons. The molecule has 0 atom stereocenters. The minimum Gasteiger partial charge on any atom is -0.545 e. The Bertz CT molecular complexity index is 1600. The molecule has 0 aliphatic rings. The predicted octanol–water partition coefficient (Wildman–Crippen LogP) is 3.61. The van der Waals surface area contributed by atoms with Crippen LogP contribution in [-0.4, -0.2) is 17.9 Å². The summed E-state index contributed by atoms with van der Waals surface area (Å²) >= 11 is 0. The minimum absolute atomic E-state index is 0. The maximum absolute atomic E-state index is 10.5. The fourth-order valence-electron chi connectivity index (χ4n) is 3.95. The number of aromatic carboxylic acids is 3. The molecule has 0 spiro atoms. The van der Waals surface area contributed by atoms with Gasteiger partial charge in [0.2, 0.25) is 0 Å². The Morgan fingerprint density at radius 1 is 0.350 bits per heavy atom. The molecular weight excluding hydrogens is 544 g/mol. The molecule has 40 heavy (non-hydrogen) atoms. The molecule has 0 amide bonds. The fraction of sp³-hybridized carbons (Fsp3) is 0. The third-order valence-electron chi connectivity index (χ3n) is 5.96. The number of rotatable bonds is 3. The molecule has 6 nitrogen and oxygen atoms in total. The first-order chi connectivity index (χ1) is 18.8. The van der Waals surface area contributed by atoms with E-state index in [1.54, 1.807) is 54.6 Å². The SMILES string of the molecule is O=C([O-])c1ccc2ccccc2c1.O=C([O-])c1ccc2ccccc2c1.O=C([O-])c1ccc2ccccc2c1.[Cr+3]. The van der Waals surface area contributed by atoms with Crippen LogP contribution in [0.15, 0.2) is 127 Å². The van der Waals surface area contributed by atoms with Gasteiger partial charge in [-0.05, 0) is 67.2 Å². The van der Waals surface area contributed by atoms with Gasteiger partial charge in [-0.1, -0.05) is 109 Å².